The smallest absolute Gasteiger partial charge is 0.323 e. The third-order valence-corrected chi connectivity index (χ3v) is 11.6. The molecular formula is C51H50Cl2N6O10. The van der Waals surface area contributed by atoms with Gasteiger partial charge in [0.05, 0.1) is 28.8 Å². The average Bonchev–Trinajstić information content (AvgIpc) is 3.34. The van der Waals surface area contributed by atoms with E-state index in [1.807, 2.05) is 56.3 Å². The van der Waals surface area contributed by atoms with Crippen molar-refractivity contribution in [1.82, 2.24) is 20.6 Å². The molecule has 0 aliphatic rings. The second-order valence-electron chi connectivity index (χ2n) is 15.7. The molecule has 0 bridgehead atoms. The van der Waals surface area contributed by atoms with Gasteiger partial charge in [-0.3, -0.25) is 35.2 Å². The summed E-state index contributed by atoms with van der Waals surface area (Å²) in [5.41, 5.74) is 9.28. The first-order valence-corrected chi connectivity index (χ1v) is 22.2. The molecule has 16 nitrogen and oxygen atoms in total. The van der Waals surface area contributed by atoms with E-state index in [4.69, 9.17) is 42.1 Å². The Hall–Kier alpha value is -7.10. The number of rotatable bonds is 24. The second kappa shape index (κ2) is 24.8. The molecule has 0 radical (unpaired) electrons. The third kappa shape index (κ3) is 13.8. The van der Waals surface area contributed by atoms with E-state index in [1.54, 1.807) is 62.2 Å². The Morgan fingerprint density at radius 1 is 0.667 bits per heavy atom. The summed E-state index contributed by atoms with van der Waals surface area (Å²) in [4.78, 5) is 35.6. The number of aliphatic hydroxyl groups is 2. The van der Waals surface area contributed by atoms with Crippen LogP contribution in [0.1, 0.15) is 55.6 Å². The van der Waals surface area contributed by atoms with E-state index >= 15 is 0 Å². The maximum Gasteiger partial charge on any atom is 0.323 e. The molecule has 4 aromatic carbocycles. The number of hydrogen-bond acceptors (Lipinski definition) is 14. The molecule has 2 aromatic heterocycles. The Labute approximate surface area is 408 Å². The number of carboxylic acid groups (broad SMARTS) is 2. The summed E-state index contributed by atoms with van der Waals surface area (Å²) in [6.07, 6.45) is 8.05. The molecule has 6 N–H and O–H groups in total. The second-order valence-corrected chi connectivity index (χ2v) is 16.5. The third-order valence-electron chi connectivity index (χ3n) is 11.0. The molecular weight excluding hydrogens is 927 g/mol. The van der Waals surface area contributed by atoms with Crippen molar-refractivity contribution in [2.24, 2.45) is 4.99 Å². The largest absolute Gasteiger partial charge is 0.488 e. The van der Waals surface area contributed by atoms with Crippen LogP contribution in [0.25, 0.3) is 11.1 Å². The van der Waals surface area contributed by atoms with Crippen LogP contribution in [0.2, 0.25) is 10.0 Å². The van der Waals surface area contributed by atoms with Crippen molar-refractivity contribution in [2.75, 3.05) is 20.3 Å². The Kier molecular flexibility index (Phi) is 18.4. The summed E-state index contributed by atoms with van der Waals surface area (Å²) >= 11 is 13.5. The van der Waals surface area contributed by atoms with E-state index in [9.17, 15) is 35.3 Å². The molecule has 0 saturated carbocycles. The number of nitriles is 1. The number of aromatic nitrogens is 2. The van der Waals surface area contributed by atoms with E-state index in [2.05, 4.69) is 31.7 Å². The zero-order valence-electron chi connectivity index (χ0n) is 37.9. The summed E-state index contributed by atoms with van der Waals surface area (Å²) in [7, 11) is 1.67. The van der Waals surface area contributed by atoms with Crippen molar-refractivity contribution in [3.05, 3.63) is 163 Å². The average molecular weight is 978 g/mol. The summed E-state index contributed by atoms with van der Waals surface area (Å²) in [6.45, 7) is 3.29. The number of pyridine rings is 2. The number of halogens is 2. The van der Waals surface area contributed by atoms with Crippen molar-refractivity contribution in [1.29, 1.82) is 5.26 Å². The van der Waals surface area contributed by atoms with Gasteiger partial charge in [0.1, 0.15) is 67.6 Å². The number of hydrogen-bond donors (Lipinski definition) is 6. The lowest BCUT2D eigenvalue weighted by Crippen LogP contribution is -2.39. The maximum absolute atomic E-state index is 11.6. The first kappa shape index (κ1) is 51.3. The fourth-order valence-electron chi connectivity index (χ4n) is 7.17. The Balaban J connectivity index is 1.20. The number of carboxylic acids is 2. The van der Waals surface area contributed by atoms with Gasteiger partial charge in [-0.25, -0.2) is 0 Å². The summed E-state index contributed by atoms with van der Waals surface area (Å²) in [5.74, 6) is -1.02. The Morgan fingerprint density at radius 2 is 1.13 bits per heavy atom. The predicted octanol–water partition coefficient (Wildman–Crippen LogP) is 7.37. The summed E-state index contributed by atoms with van der Waals surface area (Å²) in [5, 5.41) is 53.6. The van der Waals surface area contributed by atoms with Gasteiger partial charge in [-0.1, -0.05) is 59.6 Å². The molecule has 18 heteroatoms. The van der Waals surface area contributed by atoms with Crippen molar-refractivity contribution < 1.29 is 49.0 Å². The van der Waals surface area contributed by atoms with E-state index in [1.165, 1.54) is 6.20 Å². The van der Waals surface area contributed by atoms with Crippen LogP contribution in [-0.4, -0.2) is 80.9 Å². The monoisotopic (exact) mass is 976 g/mol. The van der Waals surface area contributed by atoms with Crippen molar-refractivity contribution in [3.63, 3.8) is 0 Å². The topological polar surface area (TPSA) is 238 Å². The number of nitrogens with one attached hydrogen (secondary N) is 2. The van der Waals surface area contributed by atoms with Crippen LogP contribution in [-0.2, 0) is 49.1 Å². The normalized spacial score (nSPS) is 12.0. The molecule has 0 saturated heterocycles. The Morgan fingerprint density at radius 3 is 1.58 bits per heavy atom. The van der Waals surface area contributed by atoms with Gasteiger partial charge >= 0.3 is 11.9 Å². The van der Waals surface area contributed by atoms with Crippen molar-refractivity contribution in [3.8, 4) is 40.2 Å². The standard InChI is InChI=1S/C51H50Cl2N6O10/c1-30-36(28-68-48-14-46(66-26-34-10-32(16-54)18-56-20-34)38(12-42(48)52)22-58-44(24-60)50(62)63)6-4-8-40(30)41-9-5-7-37(31(41)2)29-69-49-15-47(67-27-35-11-33(17-55-3)19-57-21-35)39(13-43(49)53)23-59-45(25-61)51(64)65/h4-15,17-21,44-45,58-61H,22-29H2,1-3H3,(H,62,63)(H,64,65). The highest BCUT2D eigenvalue weighted by atomic mass is 35.5. The van der Waals surface area contributed by atoms with Gasteiger partial charge in [0.15, 0.2) is 0 Å². The van der Waals surface area contributed by atoms with Gasteiger partial charge < -0.3 is 39.4 Å². The molecule has 0 fully saturated rings. The quantitative estimate of drug-likeness (QED) is 0.0325. The van der Waals surface area contributed by atoms with Gasteiger partial charge in [-0.05, 0) is 71.5 Å². The minimum atomic E-state index is -1.22. The molecule has 69 heavy (non-hydrogen) atoms. The van der Waals surface area contributed by atoms with Crippen LogP contribution in [0.5, 0.6) is 23.0 Å². The highest BCUT2D eigenvalue weighted by Crippen LogP contribution is 2.37. The molecule has 2 heterocycles. The van der Waals surface area contributed by atoms with Crippen molar-refractivity contribution >= 4 is 41.4 Å². The zero-order chi connectivity index (χ0) is 49.5. The molecule has 0 amide bonds. The van der Waals surface area contributed by atoms with Gasteiger partial charge in [0.2, 0.25) is 0 Å². The Bertz CT molecular complexity index is 2860. The van der Waals surface area contributed by atoms with Crippen LogP contribution < -0.4 is 29.6 Å². The summed E-state index contributed by atoms with van der Waals surface area (Å²) < 4.78 is 25.1. The number of aliphatic imine (C=N–C) groups is 1. The molecule has 2 atom stereocenters. The van der Waals surface area contributed by atoms with Crippen LogP contribution in [0, 0.1) is 25.2 Å². The van der Waals surface area contributed by atoms with Crippen molar-refractivity contribution in [2.45, 2.75) is 65.4 Å². The minimum Gasteiger partial charge on any atom is -0.488 e. The molecule has 6 rings (SSSR count). The number of benzene rings is 4. The molecule has 358 valence electrons. The van der Waals surface area contributed by atoms with Gasteiger partial charge in [-0.15, -0.1) is 0 Å². The number of carbonyl (C=O) groups is 2. The van der Waals surface area contributed by atoms with Crippen LogP contribution in [0.3, 0.4) is 0 Å². The lowest BCUT2D eigenvalue weighted by Gasteiger charge is -2.19. The van der Waals surface area contributed by atoms with Gasteiger partial charge in [-0.2, -0.15) is 5.26 Å². The van der Waals surface area contributed by atoms with E-state index in [0.29, 0.717) is 45.3 Å². The van der Waals surface area contributed by atoms with Crippen LogP contribution >= 0.6 is 23.2 Å². The van der Waals surface area contributed by atoms with Crippen LogP contribution in [0.4, 0.5) is 0 Å². The predicted molar refractivity (Wildman–Crippen MR) is 259 cm³/mol. The molecule has 0 aliphatic carbocycles. The first-order chi connectivity index (χ1) is 33.3. The van der Waals surface area contributed by atoms with Gasteiger partial charge in [0.25, 0.3) is 0 Å². The highest BCUT2D eigenvalue weighted by molar-refractivity contribution is 6.32. The number of nitrogens with zero attached hydrogens (tertiary/aromatic N) is 4. The fraction of sp³-hybridized carbons (Fsp3) is 0.255. The van der Waals surface area contributed by atoms with Crippen LogP contribution in [0.15, 0.2) is 103 Å². The lowest BCUT2D eigenvalue weighted by molar-refractivity contribution is -0.141. The van der Waals surface area contributed by atoms with E-state index in [0.717, 1.165) is 44.5 Å². The highest BCUT2D eigenvalue weighted by Gasteiger charge is 2.21. The molecule has 0 aliphatic heterocycles. The zero-order valence-corrected chi connectivity index (χ0v) is 39.4. The molecule has 6 aromatic rings. The summed E-state index contributed by atoms with van der Waals surface area (Å²) in [6, 6.07) is 21.6. The number of ether oxygens (including phenoxy) is 4. The van der Waals surface area contributed by atoms with Gasteiger partial charge in [0, 0.05) is 91.1 Å². The number of aliphatic hydroxyl groups excluding tert-OH is 2. The van der Waals surface area contributed by atoms with E-state index < -0.39 is 37.2 Å². The first-order valence-electron chi connectivity index (χ1n) is 21.5. The maximum atomic E-state index is 11.6. The fourth-order valence-corrected chi connectivity index (χ4v) is 7.66. The van der Waals surface area contributed by atoms with E-state index in [-0.39, 0.29) is 49.6 Å². The molecule has 0 spiro atoms. The number of aliphatic carboxylic acids is 2. The SMILES string of the molecule is CN=Cc1cncc(COc2cc(OCc3cccc(-c4cccc(COc5cc(OCc6cncc(C#N)c6)c(CNC(CO)C(=O)O)cc5Cl)c4C)c3C)c(Cl)cc2CNC(CO)C(=O)O)c1. The lowest BCUT2D eigenvalue weighted by atomic mass is 9.92. The minimum absolute atomic E-state index is 0.00649. The molecule has 2 unspecified atom stereocenters.